The summed E-state index contributed by atoms with van der Waals surface area (Å²) < 4.78 is 0. The molecule has 0 spiro atoms. The van der Waals surface area contributed by atoms with Crippen LogP contribution in [0.3, 0.4) is 0 Å². The standard InChI is InChI=1S/C12H24/c1-4-12-9-8-10(2)6-5-7-11(12)3/h10-12H,4-9H2,1-3H3. The maximum absolute atomic E-state index is 2.45. The van der Waals surface area contributed by atoms with Crippen LogP contribution >= 0.6 is 0 Å². The van der Waals surface area contributed by atoms with E-state index in [-0.39, 0.29) is 0 Å². The van der Waals surface area contributed by atoms with Gasteiger partial charge in [0.2, 0.25) is 0 Å². The van der Waals surface area contributed by atoms with Gasteiger partial charge in [0.1, 0.15) is 0 Å². The Kier molecular flexibility index (Phi) is 4.11. The Morgan fingerprint density at radius 2 is 1.75 bits per heavy atom. The van der Waals surface area contributed by atoms with Crippen molar-refractivity contribution in [2.75, 3.05) is 0 Å². The van der Waals surface area contributed by atoms with Crippen molar-refractivity contribution >= 4 is 0 Å². The predicted molar refractivity (Wildman–Crippen MR) is 55.2 cm³/mol. The lowest BCUT2D eigenvalue weighted by atomic mass is 9.79. The lowest BCUT2D eigenvalue weighted by Gasteiger charge is -2.27. The molecule has 0 saturated heterocycles. The smallest absolute Gasteiger partial charge is 0.0391 e. The molecule has 0 radical (unpaired) electrons. The summed E-state index contributed by atoms with van der Waals surface area (Å²) in [5, 5.41) is 0. The summed E-state index contributed by atoms with van der Waals surface area (Å²) in [4.78, 5) is 0. The van der Waals surface area contributed by atoms with Crippen molar-refractivity contribution < 1.29 is 0 Å². The zero-order valence-corrected chi connectivity index (χ0v) is 8.97. The molecule has 0 aliphatic heterocycles. The molecular weight excluding hydrogens is 144 g/mol. The van der Waals surface area contributed by atoms with Crippen LogP contribution < -0.4 is 0 Å². The van der Waals surface area contributed by atoms with Crippen LogP contribution in [0.2, 0.25) is 0 Å². The monoisotopic (exact) mass is 168 g/mol. The van der Waals surface area contributed by atoms with Crippen molar-refractivity contribution in [2.45, 2.75) is 59.3 Å². The quantitative estimate of drug-likeness (QED) is 0.549. The Bertz CT molecular complexity index is 117. The van der Waals surface area contributed by atoms with Gasteiger partial charge in [0.25, 0.3) is 0 Å². The molecule has 1 saturated carbocycles. The van der Waals surface area contributed by atoms with E-state index in [9.17, 15) is 0 Å². The van der Waals surface area contributed by atoms with E-state index in [0.717, 1.165) is 17.8 Å². The van der Waals surface area contributed by atoms with Gasteiger partial charge in [-0.15, -0.1) is 0 Å². The molecule has 3 atom stereocenters. The highest BCUT2D eigenvalue weighted by Gasteiger charge is 2.19. The fraction of sp³-hybridized carbons (Fsp3) is 1.00. The molecule has 12 heavy (non-hydrogen) atoms. The van der Waals surface area contributed by atoms with Crippen molar-refractivity contribution in [3.8, 4) is 0 Å². The molecule has 0 nitrogen and oxygen atoms in total. The molecular formula is C12H24. The highest BCUT2D eigenvalue weighted by atomic mass is 14.2. The van der Waals surface area contributed by atoms with Gasteiger partial charge in [-0.05, 0) is 24.2 Å². The van der Waals surface area contributed by atoms with E-state index in [1.807, 2.05) is 0 Å². The van der Waals surface area contributed by atoms with Gasteiger partial charge in [0.15, 0.2) is 0 Å². The second-order valence-electron chi connectivity index (χ2n) is 4.76. The first-order valence-electron chi connectivity index (χ1n) is 5.74. The summed E-state index contributed by atoms with van der Waals surface area (Å²) in [6.07, 6.45) is 8.78. The molecule has 0 heterocycles. The van der Waals surface area contributed by atoms with Crippen molar-refractivity contribution in [2.24, 2.45) is 17.8 Å². The largest absolute Gasteiger partial charge is 0.0651 e. The first kappa shape index (κ1) is 10.1. The molecule has 1 aliphatic rings. The molecule has 0 heteroatoms. The normalized spacial score (nSPS) is 38.8. The second-order valence-corrected chi connectivity index (χ2v) is 4.76. The third kappa shape index (κ3) is 2.80. The summed E-state index contributed by atoms with van der Waals surface area (Å²) in [7, 11) is 0. The third-order valence-corrected chi connectivity index (χ3v) is 3.72. The molecule has 0 bridgehead atoms. The molecule has 0 aromatic heterocycles. The van der Waals surface area contributed by atoms with E-state index in [2.05, 4.69) is 20.8 Å². The zero-order valence-electron chi connectivity index (χ0n) is 8.97. The van der Waals surface area contributed by atoms with Crippen molar-refractivity contribution in [1.82, 2.24) is 0 Å². The van der Waals surface area contributed by atoms with Crippen molar-refractivity contribution in [1.29, 1.82) is 0 Å². The van der Waals surface area contributed by atoms with E-state index >= 15 is 0 Å². The fourth-order valence-corrected chi connectivity index (χ4v) is 2.56. The maximum Gasteiger partial charge on any atom is -0.0391 e. The predicted octanol–water partition coefficient (Wildman–Crippen LogP) is 4.25. The van der Waals surface area contributed by atoms with Crippen LogP contribution in [0.1, 0.15) is 59.3 Å². The second kappa shape index (κ2) is 4.89. The molecule has 0 amide bonds. The minimum Gasteiger partial charge on any atom is -0.0651 e. The van der Waals surface area contributed by atoms with Crippen LogP contribution in [0.5, 0.6) is 0 Å². The van der Waals surface area contributed by atoms with Crippen LogP contribution in [0.15, 0.2) is 0 Å². The van der Waals surface area contributed by atoms with Crippen molar-refractivity contribution in [3.05, 3.63) is 0 Å². The van der Waals surface area contributed by atoms with Gasteiger partial charge in [-0.25, -0.2) is 0 Å². The summed E-state index contributed by atoms with van der Waals surface area (Å²) >= 11 is 0. The lowest BCUT2D eigenvalue weighted by Crippen LogP contribution is -2.15. The van der Waals surface area contributed by atoms with Crippen molar-refractivity contribution in [3.63, 3.8) is 0 Å². The highest BCUT2D eigenvalue weighted by molar-refractivity contribution is 4.70. The molecule has 0 aromatic carbocycles. The molecule has 72 valence electrons. The van der Waals surface area contributed by atoms with E-state index in [1.54, 1.807) is 0 Å². The van der Waals surface area contributed by atoms with Crippen LogP contribution in [-0.4, -0.2) is 0 Å². The minimum absolute atomic E-state index is 0.988. The Morgan fingerprint density at radius 1 is 1.00 bits per heavy atom. The Morgan fingerprint density at radius 3 is 2.42 bits per heavy atom. The highest BCUT2D eigenvalue weighted by Crippen LogP contribution is 2.31. The first-order chi connectivity index (χ1) is 5.74. The minimum atomic E-state index is 0.988. The summed E-state index contributed by atoms with van der Waals surface area (Å²) in [6.45, 7) is 7.22. The van der Waals surface area contributed by atoms with Gasteiger partial charge in [0, 0.05) is 0 Å². The summed E-state index contributed by atoms with van der Waals surface area (Å²) in [6, 6.07) is 0. The topological polar surface area (TPSA) is 0 Å². The molecule has 1 rings (SSSR count). The molecule has 0 N–H and O–H groups in total. The van der Waals surface area contributed by atoms with E-state index < -0.39 is 0 Å². The van der Waals surface area contributed by atoms with Gasteiger partial charge in [0.05, 0.1) is 0 Å². The average Bonchev–Trinajstić information content (AvgIpc) is 2.03. The Hall–Kier alpha value is 0. The van der Waals surface area contributed by atoms with Gasteiger partial charge >= 0.3 is 0 Å². The summed E-state index contributed by atoms with van der Waals surface area (Å²) in [5.74, 6) is 3.00. The van der Waals surface area contributed by atoms with Crippen LogP contribution in [-0.2, 0) is 0 Å². The van der Waals surface area contributed by atoms with Crippen LogP contribution in [0.4, 0.5) is 0 Å². The van der Waals surface area contributed by atoms with E-state index in [1.165, 1.54) is 38.5 Å². The van der Waals surface area contributed by atoms with Gasteiger partial charge in [-0.3, -0.25) is 0 Å². The zero-order chi connectivity index (χ0) is 8.97. The summed E-state index contributed by atoms with van der Waals surface area (Å²) in [5.41, 5.74) is 0. The molecule has 3 unspecified atom stereocenters. The van der Waals surface area contributed by atoms with Crippen LogP contribution in [0, 0.1) is 17.8 Å². The van der Waals surface area contributed by atoms with E-state index in [0.29, 0.717) is 0 Å². The van der Waals surface area contributed by atoms with E-state index in [4.69, 9.17) is 0 Å². The third-order valence-electron chi connectivity index (χ3n) is 3.72. The van der Waals surface area contributed by atoms with Crippen LogP contribution in [0.25, 0.3) is 0 Å². The van der Waals surface area contributed by atoms with Gasteiger partial charge in [-0.1, -0.05) is 52.9 Å². The van der Waals surface area contributed by atoms with Gasteiger partial charge in [-0.2, -0.15) is 0 Å². The lowest BCUT2D eigenvalue weighted by molar-refractivity contribution is 0.245. The van der Waals surface area contributed by atoms with Gasteiger partial charge < -0.3 is 0 Å². The molecule has 1 fully saturated rings. The molecule has 1 aliphatic carbocycles. The Labute approximate surface area is 77.7 Å². The average molecular weight is 168 g/mol. The number of rotatable bonds is 1. The molecule has 0 aromatic rings. The first-order valence-corrected chi connectivity index (χ1v) is 5.74. The Balaban J connectivity index is 2.39. The number of hydrogen-bond donors (Lipinski definition) is 0. The fourth-order valence-electron chi connectivity index (χ4n) is 2.56. The maximum atomic E-state index is 2.45. The number of hydrogen-bond acceptors (Lipinski definition) is 0. The SMILES string of the molecule is CCC1CCC(C)CCCC1C.